The molecule has 232 valence electrons. The van der Waals surface area contributed by atoms with Crippen LogP contribution in [0.1, 0.15) is 97.3 Å². The minimum Gasteiger partial charge on any atom is -0.494 e. The maximum Gasteiger partial charge on any atom is 0.159 e. The lowest BCUT2D eigenvalue weighted by Gasteiger charge is -2.34. The van der Waals surface area contributed by atoms with Crippen LogP contribution >= 0.6 is 0 Å². The topological polar surface area (TPSA) is 44.2 Å². The monoisotopic (exact) mass is 598 g/mol. The number of aromatic nitrogens is 2. The van der Waals surface area contributed by atoms with Crippen molar-refractivity contribution in [3.05, 3.63) is 36.7 Å². The van der Waals surface area contributed by atoms with Gasteiger partial charge in [0.15, 0.2) is 11.6 Å². The molecule has 1 atom stereocenters. The van der Waals surface area contributed by atoms with Gasteiger partial charge in [0.1, 0.15) is 5.75 Å². The molecular formula is C35H62N2O2Si2. The van der Waals surface area contributed by atoms with E-state index in [9.17, 15) is 0 Å². The first kappa shape index (κ1) is 35.5. The van der Waals surface area contributed by atoms with Gasteiger partial charge in [-0.1, -0.05) is 129 Å². The minimum absolute atomic E-state index is 0.720. The minimum atomic E-state index is -1.13. The highest BCUT2D eigenvalue weighted by Gasteiger charge is 2.31. The Morgan fingerprint density at radius 3 is 1.73 bits per heavy atom. The van der Waals surface area contributed by atoms with Crippen LogP contribution in [0, 0.1) is 0 Å². The summed E-state index contributed by atoms with van der Waals surface area (Å²) in [4.78, 5) is 9.04. The molecule has 1 heterocycles. The van der Waals surface area contributed by atoms with Crippen LogP contribution in [0.2, 0.25) is 50.4 Å². The van der Waals surface area contributed by atoms with Crippen LogP contribution in [0.4, 0.5) is 0 Å². The van der Waals surface area contributed by atoms with Gasteiger partial charge < -0.3 is 9.47 Å². The Labute approximate surface area is 255 Å². The third-order valence-corrected chi connectivity index (χ3v) is 15.3. The molecule has 0 saturated heterocycles. The fraction of sp³-hybridized carbons (Fsp3) is 0.714. The summed E-state index contributed by atoms with van der Waals surface area (Å²) in [7, 11) is -2.07. The van der Waals surface area contributed by atoms with E-state index in [1.807, 2.05) is 24.3 Å². The maximum atomic E-state index is 6.04. The molecule has 1 unspecified atom stereocenters. The van der Waals surface area contributed by atoms with E-state index in [0.29, 0.717) is 0 Å². The summed E-state index contributed by atoms with van der Waals surface area (Å²) in [6.07, 6.45) is 20.5. The van der Waals surface area contributed by atoms with Crippen molar-refractivity contribution >= 4 is 16.1 Å². The fourth-order valence-electron chi connectivity index (χ4n) is 5.57. The number of hydrogen-bond donors (Lipinski definition) is 0. The van der Waals surface area contributed by atoms with Crippen molar-refractivity contribution < 1.29 is 9.47 Å². The van der Waals surface area contributed by atoms with Crippen LogP contribution < -0.4 is 9.47 Å². The van der Waals surface area contributed by atoms with Gasteiger partial charge in [-0.25, -0.2) is 9.97 Å². The van der Waals surface area contributed by atoms with Crippen LogP contribution in [-0.4, -0.2) is 39.3 Å². The van der Waals surface area contributed by atoms with Crippen LogP contribution in [0.3, 0.4) is 0 Å². The van der Waals surface area contributed by atoms with Crippen molar-refractivity contribution in [1.82, 2.24) is 9.97 Å². The Balaban J connectivity index is 1.62. The lowest BCUT2D eigenvalue weighted by Crippen LogP contribution is -2.35. The Kier molecular flexibility index (Phi) is 16.9. The van der Waals surface area contributed by atoms with Gasteiger partial charge >= 0.3 is 0 Å². The van der Waals surface area contributed by atoms with Crippen molar-refractivity contribution in [1.29, 1.82) is 0 Å². The number of benzene rings is 1. The summed E-state index contributed by atoms with van der Waals surface area (Å²) in [5, 5.41) is 0. The van der Waals surface area contributed by atoms with Crippen molar-refractivity contribution in [3.8, 4) is 22.9 Å². The maximum absolute atomic E-state index is 6.04. The average molecular weight is 599 g/mol. The first-order valence-corrected chi connectivity index (χ1v) is 23.8. The summed E-state index contributed by atoms with van der Waals surface area (Å²) >= 11 is 0. The summed E-state index contributed by atoms with van der Waals surface area (Å²) in [5.41, 5.74) is 1.96. The third-order valence-electron chi connectivity index (χ3n) is 8.59. The van der Waals surface area contributed by atoms with E-state index in [-0.39, 0.29) is 0 Å². The normalized spacial score (nSPS) is 12.9. The van der Waals surface area contributed by atoms with Gasteiger partial charge in [0.2, 0.25) is 0 Å². The summed E-state index contributed by atoms with van der Waals surface area (Å²) in [5.74, 6) is 2.39. The van der Waals surface area contributed by atoms with Gasteiger partial charge in [-0.3, -0.25) is 0 Å². The first-order valence-electron chi connectivity index (χ1n) is 16.8. The standard InChI is InChI=1S/C35H62N2O2Si2/c1-8-10-11-12-13-14-15-18-26-39-33-29-36-35(37-30-33)31-21-23-32(24-22-31)38-25-19-16-17-20-34(9-2)41(6,7)28-27-40(3,4)5/h21-24,29-30,34H,8-20,25-28H2,1-7H3. The molecular weight excluding hydrogens is 537 g/mol. The molecule has 0 saturated carbocycles. The summed E-state index contributed by atoms with van der Waals surface area (Å²) in [6, 6.07) is 11.2. The highest BCUT2D eigenvalue weighted by Crippen LogP contribution is 2.36. The average Bonchev–Trinajstić information content (AvgIpc) is 2.95. The zero-order valence-electron chi connectivity index (χ0n) is 27.8. The quantitative estimate of drug-likeness (QED) is 0.0942. The molecule has 2 aromatic rings. The van der Waals surface area contributed by atoms with E-state index in [1.54, 1.807) is 12.4 Å². The van der Waals surface area contributed by atoms with Crippen molar-refractivity contribution in [2.75, 3.05) is 13.2 Å². The van der Waals surface area contributed by atoms with E-state index in [0.717, 1.165) is 54.5 Å². The van der Waals surface area contributed by atoms with Crippen molar-refractivity contribution in [3.63, 3.8) is 0 Å². The van der Waals surface area contributed by atoms with Crippen LogP contribution in [-0.2, 0) is 0 Å². The predicted molar refractivity (Wildman–Crippen MR) is 184 cm³/mol. The molecule has 0 spiro atoms. The Morgan fingerprint density at radius 1 is 0.634 bits per heavy atom. The molecule has 0 radical (unpaired) electrons. The third kappa shape index (κ3) is 15.4. The van der Waals surface area contributed by atoms with Gasteiger partial charge in [0, 0.05) is 13.6 Å². The smallest absolute Gasteiger partial charge is 0.159 e. The van der Waals surface area contributed by atoms with E-state index < -0.39 is 16.1 Å². The van der Waals surface area contributed by atoms with Gasteiger partial charge in [-0.15, -0.1) is 0 Å². The van der Waals surface area contributed by atoms with Crippen LogP contribution in [0.15, 0.2) is 36.7 Å². The van der Waals surface area contributed by atoms with E-state index in [2.05, 4.69) is 56.6 Å². The molecule has 41 heavy (non-hydrogen) atoms. The highest BCUT2D eigenvalue weighted by atomic mass is 28.3. The largest absolute Gasteiger partial charge is 0.494 e. The Bertz CT molecular complexity index is 927. The summed E-state index contributed by atoms with van der Waals surface area (Å²) in [6.45, 7) is 19.0. The molecule has 1 aromatic heterocycles. The van der Waals surface area contributed by atoms with Gasteiger partial charge in [0.05, 0.1) is 33.7 Å². The number of rotatable bonds is 23. The lowest BCUT2D eigenvalue weighted by molar-refractivity contribution is 0.302. The predicted octanol–water partition coefficient (Wildman–Crippen LogP) is 11.4. The van der Waals surface area contributed by atoms with Crippen LogP contribution in [0.25, 0.3) is 11.4 Å². The molecule has 0 amide bonds. The highest BCUT2D eigenvalue weighted by molar-refractivity contribution is 6.82. The second kappa shape index (κ2) is 19.5. The van der Waals surface area contributed by atoms with E-state index in [4.69, 9.17) is 9.47 Å². The number of unbranched alkanes of at least 4 members (excludes halogenated alkanes) is 9. The van der Waals surface area contributed by atoms with Gasteiger partial charge in [0.25, 0.3) is 0 Å². The lowest BCUT2D eigenvalue weighted by atomic mass is 10.1. The number of hydrogen-bond acceptors (Lipinski definition) is 4. The van der Waals surface area contributed by atoms with Gasteiger partial charge in [-0.2, -0.15) is 0 Å². The fourth-order valence-corrected chi connectivity index (χ4v) is 13.7. The van der Waals surface area contributed by atoms with E-state index in [1.165, 1.54) is 82.7 Å². The second-order valence-corrected chi connectivity index (χ2v) is 24.9. The second-order valence-electron chi connectivity index (χ2n) is 13.9. The summed E-state index contributed by atoms with van der Waals surface area (Å²) < 4.78 is 11.9. The molecule has 0 N–H and O–H groups in total. The molecule has 0 aliphatic heterocycles. The zero-order chi connectivity index (χ0) is 30.0. The number of nitrogens with zero attached hydrogens (tertiary/aromatic N) is 2. The SMILES string of the molecule is CCCCCCCCCCOc1cnc(-c2ccc(OCCCCCC(CC)[Si](C)(C)CC[Si](C)(C)C)cc2)nc1. The molecule has 0 aliphatic carbocycles. The van der Waals surface area contributed by atoms with Crippen LogP contribution in [0.5, 0.6) is 11.5 Å². The molecule has 4 nitrogen and oxygen atoms in total. The molecule has 0 fully saturated rings. The van der Waals surface area contributed by atoms with Crippen molar-refractivity contribution in [2.24, 2.45) is 0 Å². The molecule has 0 aliphatic rings. The molecule has 2 rings (SSSR count). The Morgan fingerprint density at radius 2 is 1.17 bits per heavy atom. The van der Waals surface area contributed by atoms with Crippen molar-refractivity contribution in [2.45, 2.75) is 148 Å². The first-order chi connectivity index (χ1) is 19.6. The molecule has 6 heteroatoms. The van der Waals surface area contributed by atoms with E-state index >= 15 is 0 Å². The Hall–Kier alpha value is -1.67. The van der Waals surface area contributed by atoms with Gasteiger partial charge in [-0.05, 0) is 42.6 Å². The molecule has 0 bridgehead atoms. The number of ether oxygens (including phenoxy) is 2. The zero-order valence-corrected chi connectivity index (χ0v) is 29.8. The molecule has 1 aromatic carbocycles.